The molecule has 2 aromatic carbocycles. The summed E-state index contributed by atoms with van der Waals surface area (Å²) in [5.41, 5.74) is 2.38. The molecule has 2 fully saturated rings. The minimum atomic E-state index is -0.117. The lowest BCUT2D eigenvalue weighted by Gasteiger charge is -2.29. The minimum absolute atomic E-state index is 0.00784. The van der Waals surface area contributed by atoms with Crippen LogP contribution in [0.4, 0.5) is 5.82 Å². The number of carbonyl (C=O) groups excluding carboxylic acids is 1. The predicted molar refractivity (Wildman–Crippen MR) is 143 cm³/mol. The molecule has 2 aliphatic rings. The fourth-order valence-corrected chi connectivity index (χ4v) is 5.24. The highest BCUT2D eigenvalue weighted by Crippen LogP contribution is 2.32. The van der Waals surface area contributed by atoms with Crippen molar-refractivity contribution in [1.29, 1.82) is 0 Å². The maximum Gasteiger partial charge on any atom is 0.258 e. The van der Waals surface area contributed by atoms with Crippen LogP contribution in [0.25, 0.3) is 10.9 Å². The van der Waals surface area contributed by atoms with Crippen molar-refractivity contribution >= 4 is 22.6 Å². The van der Waals surface area contributed by atoms with E-state index in [1.807, 2.05) is 23.1 Å². The lowest BCUT2D eigenvalue weighted by molar-refractivity contribution is 0.0505. The van der Waals surface area contributed by atoms with Gasteiger partial charge in [0.15, 0.2) is 0 Å². The molecule has 196 valence electrons. The van der Waals surface area contributed by atoms with Crippen molar-refractivity contribution in [2.45, 2.75) is 38.3 Å². The largest absolute Gasteiger partial charge is 0.497 e. The number of benzene rings is 2. The van der Waals surface area contributed by atoms with Gasteiger partial charge in [-0.15, -0.1) is 0 Å². The Balaban J connectivity index is 1.55. The Morgan fingerprint density at radius 2 is 1.76 bits per heavy atom. The van der Waals surface area contributed by atoms with Crippen LogP contribution in [0.2, 0.25) is 0 Å². The first-order valence-electron chi connectivity index (χ1n) is 12.9. The number of ether oxygens (including phenoxy) is 4. The Hall–Kier alpha value is -3.52. The van der Waals surface area contributed by atoms with Crippen LogP contribution in [0.15, 0.2) is 42.5 Å². The normalized spacial score (nSPS) is 17.3. The molecule has 3 aromatic rings. The number of amides is 1. The Morgan fingerprint density at radius 3 is 2.46 bits per heavy atom. The highest BCUT2D eigenvalue weighted by molar-refractivity contribution is 5.97. The van der Waals surface area contributed by atoms with Crippen LogP contribution < -0.4 is 19.1 Å². The minimum Gasteiger partial charge on any atom is -0.497 e. The number of hydrogen-bond donors (Lipinski definition) is 0. The molecule has 0 N–H and O–H groups in total. The fourth-order valence-electron chi connectivity index (χ4n) is 5.24. The SMILES string of the molecule is COc1ccc(OC)c(C(=O)N(Cc2cc3ccc(OC)cc3nc2N2CCCC2)CC2CCCO2)c1. The van der Waals surface area contributed by atoms with Crippen molar-refractivity contribution in [2.75, 3.05) is 52.5 Å². The summed E-state index contributed by atoms with van der Waals surface area (Å²) in [6.45, 7) is 3.56. The summed E-state index contributed by atoms with van der Waals surface area (Å²) in [7, 11) is 4.84. The van der Waals surface area contributed by atoms with Gasteiger partial charge in [0.25, 0.3) is 5.91 Å². The summed E-state index contributed by atoms with van der Waals surface area (Å²) in [5, 5.41) is 1.02. The van der Waals surface area contributed by atoms with Crippen molar-refractivity contribution in [2.24, 2.45) is 0 Å². The van der Waals surface area contributed by atoms with E-state index in [1.54, 1.807) is 39.5 Å². The van der Waals surface area contributed by atoms with Gasteiger partial charge in [-0.3, -0.25) is 4.79 Å². The average Bonchev–Trinajstić information content (AvgIpc) is 3.66. The van der Waals surface area contributed by atoms with Crippen LogP contribution in [0.1, 0.15) is 41.6 Å². The molecule has 0 aliphatic carbocycles. The number of aromatic nitrogens is 1. The summed E-state index contributed by atoms with van der Waals surface area (Å²) in [4.78, 5) is 23.3. The highest BCUT2D eigenvalue weighted by atomic mass is 16.5. The van der Waals surface area contributed by atoms with E-state index in [-0.39, 0.29) is 12.0 Å². The van der Waals surface area contributed by atoms with Gasteiger partial charge in [-0.1, -0.05) is 0 Å². The second-order valence-corrected chi connectivity index (χ2v) is 9.61. The van der Waals surface area contributed by atoms with Gasteiger partial charge in [-0.05, 0) is 62.1 Å². The van der Waals surface area contributed by atoms with E-state index in [2.05, 4.69) is 11.0 Å². The van der Waals surface area contributed by atoms with Crippen LogP contribution in [0.3, 0.4) is 0 Å². The topological polar surface area (TPSA) is 73.4 Å². The number of nitrogens with zero attached hydrogens (tertiary/aromatic N) is 3. The molecule has 5 rings (SSSR count). The lowest BCUT2D eigenvalue weighted by Crippen LogP contribution is -2.37. The molecule has 1 unspecified atom stereocenters. The van der Waals surface area contributed by atoms with Crippen LogP contribution in [-0.2, 0) is 11.3 Å². The van der Waals surface area contributed by atoms with Crippen molar-refractivity contribution in [1.82, 2.24) is 9.88 Å². The fraction of sp³-hybridized carbons (Fsp3) is 0.448. The molecule has 0 saturated carbocycles. The standard InChI is InChI=1S/C29H35N3O5/c1-34-22-10-11-27(36-3)25(16-22)29(33)32(19-24-7-6-14-37-24)18-21-15-20-8-9-23(35-2)17-26(20)30-28(21)31-12-4-5-13-31/h8-11,15-17,24H,4-7,12-14,18-19H2,1-3H3. The molecule has 8 nitrogen and oxygen atoms in total. The molecule has 0 spiro atoms. The Bertz CT molecular complexity index is 1250. The quantitative estimate of drug-likeness (QED) is 0.418. The van der Waals surface area contributed by atoms with E-state index in [0.29, 0.717) is 30.2 Å². The van der Waals surface area contributed by atoms with Crippen LogP contribution in [0, 0.1) is 0 Å². The summed E-state index contributed by atoms with van der Waals surface area (Å²) in [6, 6.07) is 13.4. The van der Waals surface area contributed by atoms with Gasteiger partial charge in [0, 0.05) is 49.8 Å². The first-order valence-corrected chi connectivity index (χ1v) is 12.9. The summed E-state index contributed by atoms with van der Waals surface area (Å²) < 4.78 is 22.3. The smallest absolute Gasteiger partial charge is 0.258 e. The third kappa shape index (κ3) is 5.44. The zero-order valence-corrected chi connectivity index (χ0v) is 21.9. The maximum absolute atomic E-state index is 14.0. The molecule has 1 amide bonds. The van der Waals surface area contributed by atoms with E-state index in [9.17, 15) is 4.79 Å². The number of carbonyl (C=O) groups is 1. The van der Waals surface area contributed by atoms with Crippen molar-refractivity contribution in [3.8, 4) is 17.2 Å². The third-order valence-electron chi connectivity index (χ3n) is 7.22. The zero-order valence-electron chi connectivity index (χ0n) is 21.9. The molecule has 2 saturated heterocycles. The summed E-state index contributed by atoms with van der Waals surface area (Å²) in [5.74, 6) is 2.72. The molecular weight excluding hydrogens is 470 g/mol. The molecule has 0 bridgehead atoms. The number of pyridine rings is 1. The zero-order chi connectivity index (χ0) is 25.8. The van der Waals surface area contributed by atoms with Gasteiger partial charge in [0.1, 0.15) is 23.1 Å². The van der Waals surface area contributed by atoms with E-state index >= 15 is 0 Å². The number of fused-ring (bicyclic) bond motifs is 1. The van der Waals surface area contributed by atoms with Gasteiger partial charge in [-0.2, -0.15) is 0 Å². The second kappa shape index (κ2) is 11.3. The second-order valence-electron chi connectivity index (χ2n) is 9.61. The molecule has 37 heavy (non-hydrogen) atoms. The average molecular weight is 506 g/mol. The van der Waals surface area contributed by atoms with Gasteiger partial charge in [0.2, 0.25) is 0 Å². The van der Waals surface area contributed by atoms with E-state index in [1.165, 1.54) is 0 Å². The first-order chi connectivity index (χ1) is 18.1. The van der Waals surface area contributed by atoms with Crippen molar-refractivity contribution < 1.29 is 23.7 Å². The van der Waals surface area contributed by atoms with Crippen LogP contribution in [0.5, 0.6) is 17.2 Å². The molecule has 2 aliphatic heterocycles. The van der Waals surface area contributed by atoms with Gasteiger partial charge >= 0.3 is 0 Å². The Morgan fingerprint density at radius 1 is 1.00 bits per heavy atom. The van der Waals surface area contributed by atoms with Crippen molar-refractivity contribution in [3.63, 3.8) is 0 Å². The van der Waals surface area contributed by atoms with Crippen LogP contribution >= 0.6 is 0 Å². The maximum atomic E-state index is 14.0. The van der Waals surface area contributed by atoms with Crippen LogP contribution in [-0.4, -0.2) is 69.5 Å². The Kier molecular flexibility index (Phi) is 7.65. The molecular formula is C29H35N3O5. The van der Waals surface area contributed by atoms with Gasteiger partial charge in [-0.25, -0.2) is 4.98 Å². The lowest BCUT2D eigenvalue weighted by atomic mass is 10.1. The van der Waals surface area contributed by atoms with Gasteiger partial charge < -0.3 is 28.7 Å². The summed E-state index contributed by atoms with van der Waals surface area (Å²) in [6.07, 6.45) is 4.23. The molecule has 0 radical (unpaired) electrons. The predicted octanol–water partition coefficient (Wildman–Crippen LogP) is 4.68. The molecule has 8 heteroatoms. The number of methoxy groups -OCH3 is 3. The molecule has 3 heterocycles. The third-order valence-corrected chi connectivity index (χ3v) is 7.22. The molecule has 1 aromatic heterocycles. The summed E-state index contributed by atoms with van der Waals surface area (Å²) >= 11 is 0. The van der Waals surface area contributed by atoms with Crippen molar-refractivity contribution in [3.05, 3.63) is 53.6 Å². The van der Waals surface area contributed by atoms with E-state index in [4.69, 9.17) is 23.9 Å². The Labute approximate surface area is 218 Å². The number of rotatable bonds is 9. The monoisotopic (exact) mass is 505 g/mol. The first kappa shape index (κ1) is 25.1. The molecule has 1 atom stereocenters. The number of anilines is 1. The van der Waals surface area contributed by atoms with E-state index in [0.717, 1.165) is 73.4 Å². The van der Waals surface area contributed by atoms with Gasteiger partial charge in [0.05, 0.1) is 38.5 Å². The highest BCUT2D eigenvalue weighted by Gasteiger charge is 2.28. The number of hydrogen-bond acceptors (Lipinski definition) is 7. The van der Waals surface area contributed by atoms with E-state index < -0.39 is 0 Å².